The summed E-state index contributed by atoms with van der Waals surface area (Å²) in [5.41, 5.74) is 3.48. The zero-order chi connectivity index (χ0) is 13.8. The summed E-state index contributed by atoms with van der Waals surface area (Å²) >= 11 is 0. The van der Waals surface area contributed by atoms with Gasteiger partial charge in [-0.05, 0) is 49.3 Å². The monoisotopic (exact) mass is 262 g/mol. The van der Waals surface area contributed by atoms with Crippen LogP contribution < -0.4 is 0 Å². The third kappa shape index (κ3) is 3.37. The fourth-order valence-electron chi connectivity index (χ4n) is 3.18. The molecule has 1 fully saturated rings. The van der Waals surface area contributed by atoms with Gasteiger partial charge in [0, 0.05) is 7.11 Å². The largest absolute Gasteiger partial charge is 0.386 e. The van der Waals surface area contributed by atoms with Crippen molar-refractivity contribution in [2.24, 2.45) is 5.92 Å². The number of aliphatic hydroxyl groups excluding tert-OH is 1. The molecule has 0 heterocycles. The molecular formula is C17H26O2. The number of aryl methyl sites for hydroxylation is 2. The van der Waals surface area contributed by atoms with Crippen LogP contribution >= 0.6 is 0 Å². The minimum absolute atomic E-state index is 0.0672. The van der Waals surface area contributed by atoms with E-state index in [1.165, 1.54) is 43.2 Å². The predicted molar refractivity (Wildman–Crippen MR) is 78.2 cm³/mol. The molecule has 2 unspecified atom stereocenters. The molecule has 2 heteroatoms. The van der Waals surface area contributed by atoms with E-state index in [1.54, 1.807) is 7.11 Å². The smallest absolute Gasteiger partial charge is 0.105 e. The Kier molecular flexibility index (Phi) is 5.00. The Labute approximate surface area is 116 Å². The van der Waals surface area contributed by atoms with E-state index in [0.717, 1.165) is 5.56 Å². The van der Waals surface area contributed by atoms with Crippen LogP contribution in [0.2, 0.25) is 0 Å². The van der Waals surface area contributed by atoms with E-state index in [1.807, 2.05) is 6.07 Å². The number of hydrogen-bond donors (Lipinski definition) is 1. The van der Waals surface area contributed by atoms with Gasteiger partial charge in [0.05, 0.1) is 6.10 Å². The molecule has 2 nitrogen and oxygen atoms in total. The molecule has 1 aromatic carbocycles. The number of benzene rings is 1. The third-order valence-electron chi connectivity index (χ3n) is 4.57. The summed E-state index contributed by atoms with van der Waals surface area (Å²) in [5.74, 6) is 0.496. The first kappa shape index (κ1) is 14.5. The summed E-state index contributed by atoms with van der Waals surface area (Å²) in [4.78, 5) is 0. The lowest BCUT2D eigenvalue weighted by Crippen LogP contribution is -2.31. The first-order chi connectivity index (χ1) is 9.13. The first-order valence-corrected chi connectivity index (χ1v) is 7.41. The van der Waals surface area contributed by atoms with Crippen LogP contribution in [-0.4, -0.2) is 18.3 Å². The Morgan fingerprint density at radius 1 is 1.11 bits per heavy atom. The maximum absolute atomic E-state index is 10.6. The quantitative estimate of drug-likeness (QED) is 0.890. The highest BCUT2D eigenvalue weighted by Gasteiger charge is 2.30. The molecule has 0 saturated heterocycles. The highest BCUT2D eigenvalue weighted by molar-refractivity contribution is 5.31. The topological polar surface area (TPSA) is 29.5 Å². The number of hydrogen-bond acceptors (Lipinski definition) is 2. The summed E-state index contributed by atoms with van der Waals surface area (Å²) < 4.78 is 5.63. The van der Waals surface area contributed by atoms with Crippen LogP contribution in [0.4, 0.5) is 0 Å². The molecule has 2 rings (SSSR count). The molecule has 0 radical (unpaired) electrons. The lowest BCUT2D eigenvalue weighted by atomic mass is 9.81. The second-order valence-corrected chi connectivity index (χ2v) is 5.89. The van der Waals surface area contributed by atoms with Gasteiger partial charge in [0.25, 0.3) is 0 Å². The summed E-state index contributed by atoms with van der Waals surface area (Å²) in [7, 11) is 1.73. The molecule has 106 valence electrons. The summed E-state index contributed by atoms with van der Waals surface area (Å²) in [6, 6.07) is 6.21. The lowest BCUT2D eigenvalue weighted by molar-refractivity contribution is -0.0559. The number of methoxy groups -OCH3 is 1. The molecule has 0 aromatic heterocycles. The molecule has 1 aliphatic rings. The summed E-state index contributed by atoms with van der Waals surface area (Å²) in [5, 5.41) is 10.6. The average Bonchev–Trinajstić information content (AvgIpc) is 2.44. The van der Waals surface area contributed by atoms with E-state index in [2.05, 4.69) is 26.0 Å². The highest BCUT2D eigenvalue weighted by atomic mass is 16.5. The molecule has 0 amide bonds. The van der Waals surface area contributed by atoms with Crippen LogP contribution in [0.3, 0.4) is 0 Å². The third-order valence-corrected chi connectivity index (χ3v) is 4.57. The molecular weight excluding hydrogens is 236 g/mol. The minimum Gasteiger partial charge on any atom is -0.386 e. The maximum Gasteiger partial charge on any atom is 0.105 e. The fraction of sp³-hybridized carbons (Fsp3) is 0.647. The van der Waals surface area contributed by atoms with Crippen LogP contribution in [0.25, 0.3) is 0 Å². The van der Waals surface area contributed by atoms with E-state index in [9.17, 15) is 5.11 Å². The van der Waals surface area contributed by atoms with Crippen molar-refractivity contribution in [3.63, 3.8) is 0 Å². The van der Waals surface area contributed by atoms with Gasteiger partial charge in [-0.15, -0.1) is 0 Å². The van der Waals surface area contributed by atoms with E-state index in [0.29, 0.717) is 5.92 Å². The van der Waals surface area contributed by atoms with Crippen LogP contribution in [-0.2, 0) is 4.74 Å². The van der Waals surface area contributed by atoms with Crippen LogP contribution in [0, 0.1) is 19.8 Å². The van der Waals surface area contributed by atoms with Crippen LogP contribution in [0.15, 0.2) is 18.2 Å². The van der Waals surface area contributed by atoms with E-state index in [4.69, 9.17) is 4.74 Å². The van der Waals surface area contributed by atoms with Crippen molar-refractivity contribution in [1.82, 2.24) is 0 Å². The minimum atomic E-state index is -0.507. The zero-order valence-corrected chi connectivity index (χ0v) is 12.4. The maximum atomic E-state index is 10.6. The fourth-order valence-corrected chi connectivity index (χ4v) is 3.18. The normalized spacial score (nSPS) is 20.2. The van der Waals surface area contributed by atoms with Gasteiger partial charge in [-0.3, -0.25) is 0 Å². The molecule has 1 aliphatic carbocycles. The molecule has 0 spiro atoms. The van der Waals surface area contributed by atoms with Crippen molar-refractivity contribution >= 4 is 0 Å². The molecule has 1 aromatic rings. The van der Waals surface area contributed by atoms with E-state index >= 15 is 0 Å². The number of rotatable bonds is 4. The standard InChI is InChI=1S/C17H26O2/c1-12-9-10-15(11-13(12)2)16(18)17(19-3)14-7-5-4-6-8-14/h9-11,14,16-18H,4-8H2,1-3H3. The second-order valence-electron chi connectivity index (χ2n) is 5.89. The van der Waals surface area contributed by atoms with Gasteiger partial charge in [0.1, 0.15) is 6.10 Å². The van der Waals surface area contributed by atoms with E-state index < -0.39 is 6.10 Å². The van der Waals surface area contributed by atoms with Crippen molar-refractivity contribution in [3.05, 3.63) is 34.9 Å². The highest BCUT2D eigenvalue weighted by Crippen LogP contribution is 2.34. The van der Waals surface area contributed by atoms with E-state index in [-0.39, 0.29) is 6.10 Å². The lowest BCUT2D eigenvalue weighted by Gasteiger charge is -2.32. The van der Waals surface area contributed by atoms with Crippen LogP contribution in [0.1, 0.15) is 54.9 Å². The Morgan fingerprint density at radius 3 is 2.37 bits per heavy atom. The van der Waals surface area contributed by atoms with Crippen LogP contribution in [0.5, 0.6) is 0 Å². The SMILES string of the molecule is COC(C1CCCCC1)C(O)c1ccc(C)c(C)c1. The van der Waals surface area contributed by atoms with Crippen molar-refractivity contribution in [1.29, 1.82) is 0 Å². The Morgan fingerprint density at radius 2 is 1.79 bits per heavy atom. The Bertz CT molecular complexity index is 408. The number of aliphatic hydroxyl groups is 1. The van der Waals surface area contributed by atoms with Gasteiger partial charge in [0.2, 0.25) is 0 Å². The molecule has 2 atom stereocenters. The van der Waals surface area contributed by atoms with Crippen molar-refractivity contribution in [2.45, 2.75) is 58.2 Å². The number of ether oxygens (including phenoxy) is 1. The molecule has 0 aliphatic heterocycles. The van der Waals surface area contributed by atoms with Crippen molar-refractivity contribution in [3.8, 4) is 0 Å². The van der Waals surface area contributed by atoms with Gasteiger partial charge in [-0.2, -0.15) is 0 Å². The van der Waals surface area contributed by atoms with Gasteiger partial charge < -0.3 is 9.84 Å². The van der Waals surface area contributed by atoms with Gasteiger partial charge in [-0.1, -0.05) is 37.5 Å². The zero-order valence-electron chi connectivity index (χ0n) is 12.4. The van der Waals surface area contributed by atoms with Crippen molar-refractivity contribution in [2.75, 3.05) is 7.11 Å². The van der Waals surface area contributed by atoms with Crippen molar-refractivity contribution < 1.29 is 9.84 Å². The van der Waals surface area contributed by atoms with Gasteiger partial charge in [-0.25, -0.2) is 0 Å². The molecule has 19 heavy (non-hydrogen) atoms. The Hall–Kier alpha value is -0.860. The van der Waals surface area contributed by atoms with Gasteiger partial charge in [0.15, 0.2) is 0 Å². The van der Waals surface area contributed by atoms with Gasteiger partial charge >= 0.3 is 0 Å². The molecule has 0 bridgehead atoms. The summed E-state index contributed by atoms with van der Waals surface area (Å²) in [6.07, 6.45) is 5.65. The first-order valence-electron chi connectivity index (χ1n) is 7.41. The predicted octanol–water partition coefficient (Wildman–Crippen LogP) is 3.93. The Balaban J connectivity index is 2.14. The average molecular weight is 262 g/mol. The molecule has 1 N–H and O–H groups in total. The summed E-state index contributed by atoms with van der Waals surface area (Å²) in [6.45, 7) is 4.19. The molecule has 1 saturated carbocycles. The second kappa shape index (κ2) is 6.53.